The van der Waals surface area contributed by atoms with Gasteiger partial charge in [0.15, 0.2) is 0 Å². The minimum absolute atomic E-state index is 0.127. The Morgan fingerprint density at radius 2 is 1.82 bits per heavy atom. The molecule has 0 bridgehead atoms. The molecule has 2 amide bonds. The molecule has 0 spiro atoms. The molecule has 1 atom stereocenters. The summed E-state index contributed by atoms with van der Waals surface area (Å²) in [6, 6.07) is 6.95. The van der Waals surface area contributed by atoms with Gasteiger partial charge in [0.1, 0.15) is 5.60 Å². The van der Waals surface area contributed by atoms with Crippen molar-refractivity contribution in [1.82, 2.24) is 4.90 Å². The zero-order valence-corrected chi connectivity index (χ0v) is 17.1. The number of benzene rings is 1. The largest absolute Gasteiger partial charge is 0.460 e. The number of hydrogen-bond acceptors (Lipinski definition) is 5. The third kappa shape index (κ3) is 3.37. The predicted octanol–water partition coefficient (Wildman–Crippen LogP) is 3.99. The van der Waals surface area contributed by atoms with Gasteiger partial charge in [-0.25, -0.2) is 0 Å². The summed E-state index contributed by atoms with van der Waals surface area (Å²) in [5, 5.41) is 2.02. The number of fused-ring (bicyclic) bond motifs is 2. The van der Waals surface area contributed by atoms with Gasteiger partial charge in [0, 0.05) is 4.88 Å². The topological polar surface area (TPSA) is 63.7 Å². The van der Waals surface area contributed by atoms with Gasteiger partial charge in [-0.3, -0.25) is 19.3 Å². The molecule has 2 heterocycles. The standard InChI is InChI=1S/C22H23NO4S/c1-22(2,3)27-21(26)13-8-9-15-14(12-28-18(15)10-13)11-23-19(24)16-6-4-5-7-17(16)20(23)25/h4-7,12-13H,8-11H2,1-3H3. The number of carbonyl (C=O) groups excluding carboxylic acids is 3. The summed E-state index contributed by atoms with van der Waals surface area (Å²) in [5.41, 5.74) is 2.66. The Morgan fingerprint density at radius 3 is 2.43 bits per heavy atom. The van der Waals surface area contributed by atoms with Crippen LogP contribution < -0.4 is 0 Å². The molecule has 2 aliphatic rings. The maximum Gasteiger partial charge on any atom is 0.309 e. The van der Waals surface area contributed by atoms with Gasteiger partial charge in [0.25, 0.3) is 11.8 Å². The Bertz CT molecular complexity index is 934. The first kappa shape index (κ1) is 18.9. The molecular formula is C22H23NO4S. The van der Waals surface area contributed by atoms with Gasteiger partial charge >= 0.3 is 5.97 Å². The highest BCUT2D eigenvalue weighted by molar-refractivity contribution is 7.10. The lowest BCUT2D eigenvalue weighted by Crippen LogP contribution is -2.32. The van der Waals surface area contributed by atoms with Gasteiger partial charge in [-0.1, -0.05) is 12.1 Å². The second kappa shape index (κ2) is 6.85. The molecule has 28 heavy (non-hydrogen) atoms. The molecule has 1 aromatic carbocycles. The highest BCUT2D eigenvalue weighted by Crippen LogP contribution is 2.35. The fraction of sp³-hybridized carbons (Fsp3) is 0.409. The number of ether oxygens (including phenoxy) is 1. The highest BCUT2D eigenvalue weighted by atomic mass is 32.1. The van der Waals surface area contributed by atoms with Crippen LogP contribution in [-0.4, -0.2) is 28.3 Å². The fourth-order valence-electron chi connectivity index (χ4n) is 3.85. The average molecular weight is 397 g/mol. The number of rotatable bonds is 3. The lowest BCUT2D eigenvalue weighted by atomic mass is 9.87. The van der Waals surface area contributed by atoms with Crippen molar-refractivity contribution in [3.8, 4) is 0 Å². The van der Waals surface area contributed by atoms with Crippen LogP contribution in [0, 0.1) is 5.92 Å². The number of hydrogen-bond donors (Lipinski definition) is 0. The minimum Gasteiger partial charge on any atom is -0.460 e. The molecule has 4 rings (SSSR count). The Kier molecular flexibility index (Phi) is 4.62. The summed E-state index contributed by atoms with van der Waals surface area (Å²) in [6.45, 7) is 5.93. The molecular weight excluding hydrogens is 374 g/mol. The summed E-state index contributed by atoms with van der Waals surface area (Å²) in [5.74, 6) is -0.739. The normalized spacial score (nSPS) is 18.8. The summed E-state index contributed by atoms with van der Waals surface area (Å²) in [4.78, 5) is 40.1. The van der Waals surface area contributed by atoms with Crippen molar-refractivity contribution in [2.24, 2.45) is 5.92 Å². The summed E-state index contributed by atoms with van der Waals surface area (Å²) >= 11 is 1.60. The van der Waals surface area contributed by atoms with Gasteiger partial charge in [0.05, 0.1) is 23.6 Å². The first-order chi connectivity index (χ1) is 13.2. The zero-order valence-electron chi connectivity index (χ0n) is 16.3. The van der Waals surface area contributed by atoms with Crippen molar-refractivity contribution in [3.63, 3.8) is 0 Å². The van der Waals surface area contributed by atoms with Crippen LogP contribution in [0.25, 0.3) is 0 Å². The number of nitrogens with zero attached hydrogens (tertiary/aromatic N) is 1. The van der Waals surface area contributed by atoms with Crippen LogP contribution in [0.3, 0.4) is 0 Å². The van der Waals surface area contributed by atoms with Gasteiger partial charge in [0.2, 0.25) is 0 Å². The molecule has 1 aromatic heterocycles. The van der Waals surface area contributed by atoms with E-state index in [2.05, 4.69) is 0 Å². The van der Waals surface area contributed by atoms with Crippen molar-refractivity contribution in [3.05, 3.63) is 56.8 Å². The molecule has 0 N–H and O–H groups in total. The number of esters is 1. The minimum atomic E-state index is -0.483. The molecule has 0 saturated heterocycles. The molecule has 6 heteroatoms. The third-order valence-corrected chi connectivity index (χ3v) is 6.29. The number of thiophene rings is 1. The summed E-state index contributed by atoms with van der Waals surface area (Å²) in [6.07, 6.45) is 2.16. The van der Waals surface area contributed by atoms with Crippen LogP contribution in [0.4, 0.5) is 0 Å². The van der Waals surface area contributed by atoms with Crippen molar-refractivity contribution in [1.29, 1.82) is 0 Å². The highest BCUT2D eigenvalue weighted by Gasteiger charge is 2.37. The van der Waals surface area contributed by atoms with Crippen molar-refractivity contribution >= 4 is 29.1 Å². The van der Waals surface area contributed by atoms with Crippen LogP contribution in [0.5, 0.6) is 0 Å². The van der Waals surface area contributed by atoms with E-state index in [9.17, 15) is 14.4 Å². The second-order valence-corrected chi connectivity index (χ2v) is 9.34. The smallest absolute Gasteiger partial charge is 0.309 e. The van der Waals surface area contributed by atoms with E-state index < -0.39 is 5.60 Å². The first-order valence-corrected chi connectivity index (χ1v) is 10.4. The molecule has 0 radical (unpaired) electrons. The summed E-state index contributed by atoms with van der Waals surface area (Å²) in [7, 11) is 0. The van der Waals surface area contributed by atoms with Crippen molar-refractivity contribution in [2.45, 2.75) is 52.2 Å². The van der Waals surface area contributed by atoms with E-state index in [1.54, 1.807) is 35.6 Å². The predicted molar refractivity (Wildman–Crippen MR) is 106 cm³/mol. The van der Waals surface area contributed by atoms with E-state index in [1.165, 1.54) is 10.5 Å². The maximum absolute atomic E-state index is 12.6. The zero-order chi connectivity index (χ0) is 20.1. The van der Waals surface area contributed by atoms with Crippen LogP contribution in [0.2, 0.25) is 0 Å². The Balaban J connectivity index is 1.50. The third-order valence-electron chi connectivity index (χ3n) is 5.19. The number of carbonyl (C=O) groups is 3. The second-order valence-electron chi connectivity index (χ2n) is 8.38. The van der Waals surface area contributed by atoms with Crippen LogP contribution in [0.1, 0.15) is 63.9 Å². The van der Waals surface area contributed by atoms with E-state index >= 15 is 0 Å². The molecule has 5 nitrogen and oxygen atoms in total. The molecule has 1 aliphatic carbocycles. The van der Waals surface area contributed by atoms with Crippen LogP contribution >= 0.6 is 11.3 Å². The molecule has 0 fully saturated rings. The molecule has 0 saturated carbocycles. The van der Waals surface area contributed by atoms with Crippen molar-refractivity contribution < 1.29 is 19.1 Å². The summed E-state index contributed by atoms with van der Waals surface area (Å²) < 4.78 is 5.54. The monoisotopic (exact) mass is 397 g/mol. The van der Waals surface area contributed by atoms with Gasteiger partial charge < -0.3 is 4.74 Å². The SMILES string of the molecule is CC(C)(C)OC(=O)C1CCc2c(CN3C(=O)c4ccccc4C3=O)csc2C1. The Hall–Kier alpha value is -2.47. The van der Waals surface area contributed by atoms with E-state index in [0.717, 1.165) is 23.3 Å². The molecule has 2 aromatic rings. The maximum atomic E-state index is 12.6. The molecule has 1 unspecified atom stereocenters. The number of imide groups is 1. The first-order valence-electron chi connectivity index (χ1n) is 9.51. The Morgan fingerprint density at radius 1 is 1.18 bits per heavy atom. The molecule has 1 aliphatic heterocycles. The number of amides is 2. The molecule has 146 valence electrons. The van der Waals surface area contributed by atoms with E-state index in [-0.39, 0.29) is 30.2 Å². The average Bonchev–Trinajstić information content (AvgIpc) is 3.15. The van der Waals surface area contributed by atoms with E-state index in [4.69, 9.17) is 4.74 Å². The quantitative estimate of drug-likeness (QED) is 0.580. The Labute approximate surface area is 168 Å². The van der Waals surface area contributed by atoms with Gasteiger partial charge in [-0.05, 0) is 68.7 Å². The van der Waals surface area contributed by atoms with E-state index in [0.29, 0.717) is 17.5 Å². The lowest BCUT2D eigenvalue weighted by Gasteiger charge is -2.26. The van der Waals surface area contributed by atoms with E-state index in [1.807, 2.05) is 26.2 Å². The fourth-order valence-corrected chi connectivity index (χ4v) is 5.03. The van der Waals surface area contributed by atoms with Crippen LogP contribution in [-0.2, 0) is 28.9 Å². The van der Waals surface area contributed by atoms with Gasteiger partial charge in [-0.15, -0.1) is 11.3 Å². The van der Waals surface area contributed by atoms with Crippen LogP contribution in [0.15, 0.2) is 29.6 Å². The van der Waals surface area contributed by atoms with Gasteiger partial charge in [-0.2, -0.15) is 0 Å². The lowest BCUT2D eigenvalue weighted by molar-refractivity contribution is -0.160. The van der Waals surface area contributed by atoms with Crippen molar-refractivity contribution in [2.75, 3.05) is 0 Å².